The number of hydrogen-bond donors (Lipinski definition) is 1. The van der Waals surface area contributed by atoms with Crippen molar-refractivity contribution >= 4 is 5.91 Å². The highest BCUT2D eigenvalue weighted by Crippen LogP contribution is 1.99. The van der Waals surface area contributed by atoms with E-state index < -0.39 is 5.91 Å². The molecular weight excluding hydrogens is 138 g/mol. The first kappa shape index (κ1) is 9.95. The Morgan fingerprint density at radius 2 is 2.09 bits per heavy atom. The number of hydrogen-bond acceptors (Lipinski definition) is 1. The predicted octanol–water partition coefficient (Wildman–Crippen LogP) is 1.63. The molecule has 0 aromatic carbocycles. The van der Waals surface area contributed by atoms with Gasteiger partial charge in [0.05, 0.1) is 0 Å². The summed E-state index contributed by atoms with van der Waals surface area (Å²) < 4.78 is 0. The van der Waals surface area contributed by atoms with Gasteiger partial charge in [0.15, 0.2) is 0 Å². The minimum atomic E-state index is -0.404. The van der Waals surface area contributed by atoms with Gasteiger partial charge in [-0.05, 0) is 12.3 Å². The first-order chi connectivity index (χ1) is 5.13. The van der Waals surface area contributed by atoms with E-state index in [1.54, 1.807) is 6.08 Å². The number of carbonyl (C=O) groups excluding carboxylic acids is 1. The normalized spacial score (nSPS) is 11.9. The van der Waals surface area contributed by atoms with Gasteiger partial charge in [-0.25, -0.2) is 0 Å². The average Bonchev–Trinajstić information content (AvgIpc) is 1.85. The number of primary amides is 1. The SMILES string of the molecule is CC(C)C/C=C/C=C\C(N)=O. The minimum absolute atomic E-state index is 0.404. The van der Waals surface area contributed by atoms with Crippen LogP contribution in [0.5, 0.6) is 0 Å². The Hall–Kier alpha value is -1.05. The van der Waals surface area contributed by atoms with Crippen LogP contribution in [0.1, 0.15) is 20.3 Å². The van der Waals surface area contributed by atoms with Gasteiger partial charge in [0.25, 0.3) is 0 Å². The summed E-state index contributed by atoms with van der Waals surface area (Å²) in [5.74, 6) is 0.257. The summed E-state index contributed by atoms with van der Waals surface area (Å²) >= 11 is 0. The van der Waals surface area contributed by atoms with Crippen molar-refractivity contribution in [2.24, 2.45) is 11.7 Å². The molecule has 62 valence electrons. The van der Waals surface area contributed by atoms with Gasteiger partial charge < -0.3 is 5.73 Å². The molecule has 2 nitrogen and oxygen atoms in total. The Morgan fingerprint density at radius 3 is 2.55 bits per heavy atom. The highest BCUT2D eigenvalue weighted by molar-refractivity contribution is 5.85. The van der Waals surface area contributed by atoms with E-state index in [2.05, 4.69) is 13.8 Å². The summed E-state index contributed by atoms with van der Waals surface area (Å²) in [5, 5.41) is 0. The molecule has 0 heterocycles. The third-order valence-corrected chi connectivity index (χ3v) is 1.12. The van der Waals surface area contributed by atoms with E-state index in [0.29, 0.717) is 5.92 Å². The van der Waals surface area contributed by atoms with Crippen LogP contribution in [0, 0.1) is 5.92 Å². The van der Waals surface area contributed by atoms with Crippen molar-refractivity contribution in [3.05, 3.63) is 24.3 Å². The molecule has 2 heteroatoms. The van der Waals surface area contributed by atoms with E-state index in [4.69, 9.17) is 5.73 Å². The molecule has 0 bridgehead atoms. The Labute approximate surface area is 67.8 Å². The highest BCUT2D eigenvalue weighted by atomic mass is 16.1. The van der Waals surface area contributed by atoms with Crippen molar-refractivity contribution < 1.29 is 4.79 Å². The first-order valence-corrected chi connectivity index (χ1v) is 3.75. The maximum atomic E-state index is 10.2. The molecule has 11 heavy (non-hydrogen) atoms. The van der Waals surface area contributed by atoms with Crippen LogP contribution in [0.25, 0.3) is 0 Å². The van der Waals surface area contributed by atoms with Crippen molar-refractivity contribution in [2.45, 2.75) is 20.3 Å². The van der Waals surface area contributed by atoms with Crippen LogP contribution in [0.2, 0.25) is 0 Å². The van der Waals surface area contributed by atoms with E-state index in [9.17, 15) is 4.79 Å². The Balaban J connectivity index is 3.52. The van der Waals surface area contributed by atoms with E-state index in [-0.39, 0.29) is 0 Å². The lowest BCUT2D eigenvalue weighted by molar-refractivity contribution is -0.113. The zero-order chi connectivity index (χ0) is 8.69. The number of carbonyl (C=O) groups is 1. The fraction of sp³-hybridized carbons (Fsp3) is 0.444. The number of amides is 1. The molecule has 0 aromatic rings. The summed E-state index contributed by atoms with van der Waals surface area (Å²) in [5.41, 5.74) is 4.87. The van der Waals surface area contributed by atoms with Crippen molar-refractivity contribution in [2.75, 3.05) is 0 Å². The third-order valence-electron chi connectivity index (χ3n) is 1.12. The van der Waals surface area contributed by atoms with Gasteiger partial charge in [-0.3, -0.25) is 4.79 Å². The second-order valence-electron chi connectivity index (χ2n) is 2.82. The largest absolute Gasteiger partial charge is 0.366 e. The fourth-order valence-electron chi connectivity index (χ4n) is 0.580. The summed E-state index contributed by atoms with van der Waals surface area (Å²) in [6.45, 7) is 4.28. The van der Waals surface area contributed by atoms with E-state index in [0.717, 1.165) is 6.42 Å². The van der Waals surface area contributed by atoms with Crippen molar-refractivity contribution in [1.29, 1.82) is 0 Å². The molecule has 0 spiro atoms. The van der Waals surface area contributed by atoms with E-state index >= 15 is 0 Å². The van der Waals surface area contributed by atoms with E-state index in [1.165, 1.54) is 6.08 Å². The summed E-state index contributed by atoms with van der Waals surface area (Å²) in [7, 11) is 0. The first-order valence-electron chi connectivity index (χ1n) is 3.75. The summed E-state index contributed by atoms with van der Waals surface area (Å²) in [6, 6.07) is 0. The van der Waals surface area contributed by atoms with Crippen molar-refractivity contribution in [3.63, 3.8) is 0 Å². The molecule has 0 rings (SSSR count). The van der Waals surface area contributed by atoms with Gasteiger partial charge in [-0.1, -0.05) is 32.1 Å². The summed E-state index contributed by atoms with van der Waals surface area (Å²) in [6.07, 6.45) is 7.89. The van der Waals surface area contributed by atoms with Crippen LogP contribution in [0.4, 0.5) is 0 Å². The lowest BCUT2D eigenvalue weighted by atomic mass is 10.1. The van der Waals surface area contributed by atoms with Gasteiger partial charge in [-0.15, -0.1) is 0 Å². The quantitative estimate of drug-likeness (QED) is 0.484. The number of allylic oxidation sites excluding steroid dienone is 3. The molecule has 0 aromatic heterocycles. The van der Waals surface area contributed by atoms with Crippen molar-refractivity contribution in [1.82, 2.24) is 0 Å². The monoisotopic (exact) mass is 153 g/mol. The number of nitrogens with two attached hydrogens (primary N) is 1. The zero-order valence-corrected chi connectivity index (χ0v) is 7.08. The molecule has 0 saturated carbocycles. The van der Waals surface area contributed by atoms with Gasteiger partial charge >= 0.3 is 0 Å². The van der Waals surface area contributed by atoms with Gasteiger partial charge in [0, 0.05) is 6.08 Å². The average molecular weight is 153 g/mol. The molecule has 0 atom stereocenters. The molecular formula is C9H15NO. The maximum Gasteiger partial charge on any atom is 0.241 e. The predicted molar refractivity (Wildman–Crippen MR) is 46.9 cm³/mol. The highest BCUT2D eigenvalue weighted by Gasteiger charge is 1.85. The standard InChI is InChI=1S/C9H15NO/c1-8(2)6-4-3-5-7-9(10)11/h3-5,7-8H,6H2,1-2H3,(H2,10,11)/b4-3+,7-5-. The summed E-state index contributed by atoms with van der Waals surface area (Å²) in [4.78, 5) is 10.2. The zero-order valence-electron chi connectivity index (χ0n) is 7.08. The van der Waals surface area contributed by atoms with Gasteiger partial charge in [-0.2, -0.15) is 0 Å². The Kier molecular flexibility index (Phi) is 5.17. The lowest BCUT2D eigenvalue weighted by Gasteiger charge is -1.94. The second kappa shape index (κ2) is 5.71. The van der Waals surface area contributed by atoms with Crippen LogP contribution in [-0.2, 0) is 4.79 Å². The van der Waals surface area contributed by atoms with Crippen LogP contribution < -0.4 is 5.73 Å². The Bertz CT molecular complexity index is 168. The molecule has 0 radical (unpaired) electrons. The second-order valence-corrected chi connectivity index (χ2v) is 2.82. The van der Waals surface area contributed by atoms with Crippen LogP contribution >= 0.6 is 0 Å². The van der Waals surface area contributed by atoms with Crippen LogP contribution in [0.15, 0.2) is 24.3 Å². The lowest BCUT2D eigenvalue weighted by Crippen LogP contribution is -2.04. The van der Waals surface area contributed by atoms with Gasteiger partial charge in [0.1, 0.15) is 0 Å². The molecule has 0 aliphatic carbocycles. The fourth-order valence-corrected chi connectivity index (χ4v) is 0.580. The van der Waals surface area contributed by atoms with Gasteiger partial charge in [0.2, 0.25) is 5.91 Å². The molecule has 0 aliphatic heterocycles. The molecule has 0 unspecified atom stereocenters. The van der Waals surface area contributed by atoms with Crippen LogP contribution in [-0.4, -0.2) is 5.91 Å². The van der Waals surface area contributed by atoms with E-state index in [1.807, 2.05) is 12.2 Å². The minimum Gasteiger partial charge on any atom is -0.366 e. The Morgan fingerprint density at radius 1 is 1.45 bits per heavy atom. The smallest absolute Gasteiger partial charge is 0.241 e. The molecule has 2 N–H and O–H groups in total. The molecule has 0 aliphatic rings. The number of rotatable bonds is 4. The van der Waals surface area contributed by atoms with Crippen LogP contribution in [0.3, 0.4) is 0 Å². The molecule has 1 amide bonds. The maximum absolute atomic E-state index is 10.2. The van der Waals surface area contributed by atoms with Crippen molar-refractivity contribution in [3.8, 4) is 0 Å². The molecule has 0 saturated heterocycles. The topological polar surface area (TPSA) is 43.1 Å². The molecule has 0 fully saturated rings. The third kappa shape index (κ3) is 8.95.